The van der Waals surface area contributed by atoms with Crippen LogP contribution in [-0.4, -0.2) is 47.2 Å². The smallest absolute Gasteiger partial charge is 0.302 e. The highest BCUT2D eigenvalue weighted by Gasteiger charge is 2.62. The van der Waals surface area contributed by atoms with Crippen LogP contribution >= 0.6 is 0 Å². The van der Waals surface area contributed by atoms with E-state index in [9.17, 15) is 14.7 Å². The third kappa shape index (κ3) is 5.44. The number of aliphatic hydroxyl groups excluding tert-OH is 1. The fourth-order valence-corrected chi connectivity index (χ4v) is 10.5. The summed E-state index contributed by atoms with van der Waals surface area (Å²) in [4.78, 5) is 27.6. The Labute approximate surface area is 232 Å². The zero-order chi connectivity index (χ0) is 27.8. The minimum absolute atomic E-state index is 0.0122. The maximum Gasteiger partial charge on any atom is 0.302 e. The zero-order valence-electron chi connectivity index (χ0n) is 25.5. The molecule has 1 amide bonds. The van der Waals surface area contributed by atoms with Gasteiger partial charge in [-0.1, -0.05) is 54.4 Å². The van der Waals surface area contributed by atoms with Crippen molar-refractivity contribution in [2.24, 2.45) is 52.3 Å². The van der Waals surface area contributed by atoms with Crippen LogP contribution in [0.5, 0.6) is 0 Å². The van der Waals surface area contributed by atoms with Crippen molar-refractivity contribution < 1.29 is 19.4 Å². The highest BCUT2D eigenvalue weighted by molar-refractivity contribution is 5.77. The number of rotatable bonds is 9. The Morgan fingerprint density at radius 1 is 1.05 bits per heavy atom. The quantitative estimate of drug-likeness (QED) is 0.330. The van der Waals surface area contributed by atoms with E-state index in [1.54, 1.807) is 0 Å². The minimum atomic E-state index is -0.233. The molecule has 4 fully saturated rings. The maximum absolute atomic E-state index is 13.9. The molecule has 0 aromatic carbocycles. The number of likely N-dealkylation sites (tertiary alicyclic amines) is 1. The number of fused-ring (bicyclic) bond motifs is 5. The summed E-state index contributed by atoms with van der Waals surface area (Å²) in [5, 5.41) is 9.92. The lowest BCUT2D eigenvalue weighted by molar-refractivity contribution is -0.155. The molecular weight excluding hydrogens is 474 g/mol. The van der Waals surface area contributed by atoms with Crippen molar-refractivity contribution in [3.8, 4) is 0 Å². The topological polar surface area (TPSA) is 66.8 Å². The van der Waals surface area contributed by atoms with Crippen molar-refractivity contribution in [3.63, 3.8) is 0 Å². The first-order valence-corrected chi connectivity index (χ1v) is 16.0. The molecule has 4 rings (SSSR count). The Balaban J connectivity index is 1.57. The number of aliphatic hydroxyl groups is 1. The average Bonchev–Trinajstić information content (AvgIpc) is 3.17. The van der Waals surface area contributed by atoms with Gasteiger partial charge < -0.3 is 14.7 Å². The van der Waals surface area contributed by atoms with E-state index in [0.29, 0.717) is 42.6 Å². The molecule has 1 aliphatic heterocycles. The van der Waals surface area contributed by atoms with Gasteiger partial charge >= 0.3 is 5.97 Å². The third-order valence-corrected chi connectivity index (χ3v) is 12.5. The molecule has 0 unspecified atom stereocenters. The summed E-state index contributed by atoms with van der Waals surface area (Å²) < 4.78 is 5.67. The molecule has 1 heterocycles. The number of amides is 1. The number of carbonyl (C=O) groups is 2. The van der Waals surface area contributed by atoms with Gasteiger partial charge in [-0.05, 0) is 97.2 Å². The Morgan fingerprint density at radius 2 is 1.74 bits per heavy atom. The molecule has 38 heavy (non-hydrogen) atoms. The van der Waals surface area contributed by atoms with E-state index in [1.165, 1.54) is 51.9 Å². The van der Waals surface area contributed by atoms with Crippen molar-refractivity contribution in [1.82, 2.24) is 4.90 Å². The van der Waals surface area contributed by atoms with Gasteiger partial charge in [-0.2, -0.15) is 0 Å². The van der Waals surface area contributed by atoms with Gasteiger partial charge in [0, 0.05) is 32.4 Å². The van der Waals surface area contributed by atoms with Gasteiger partial charge in [-0.15, -0.1) is 0 Å². The van der Waals surface area contributed by atoms with Crippen LogP contribution in [0.25, 0.3) is 0 Å². The summed E-state index contributed by atoms with van der Waals surface area (Å²) in [6.45, 7) is 16.5. The van der Waals surface area contributed by atoms with Crippen LogP contribution in [0.4, 0.5) is 0 Å². The second-order valence-corrected chi connectivity index (χ2v) is 14.6. The van der Waals surface area contributed by atoms with Crippen molar-refractivity contribution in [1.29, 1.82) is 0 Å². The number of β-amino-alcohol motifs (C(OH)–C–C–N with tert-alkyl or cyclic N) is 1. The predicted octanol–water partition coefficient (Wildman–Crippen LogP) is 6.86. The Morgan fingerprint density at radius 3 is 2.37 bits per heavy atom. The number of hydrogen-bond acceptors (Lipinski definition) is 4. The third-order valence-electron chi connectivity index (χ3n) is 12.5. The number of ether oxygens (including phenoxy) is 1. The standard InChI is InChI=1S/C33H57NO4/c1-8-24(21(2)3)10-9-22(4)27-11-12-28-26-20-31(37)34(17-18-35)30-19-25(38-23(5)36)13-15-33(30,7)29(26)14-16-32(27,28)6/h21-22,24-30,35H,8-20H2,1-7H3/t22-,24-,25+,26+,27-,28+,29+,30+,32-,33-/m1/s1. The first-order valence-electron chi connectivity index (χ1n) is 16.0. The molecule has 0 aromatic heterocycles. The van der Waals surface area contributed by atoms with E-state index in [1.807, 2.05) is 4.90 Å². The molecule has 0 radical (unpaired) electrons. The molecule has 0 bridgehead atoms. The molecule has 4 aliphatic rings. The Kier molecular flexibility index (Phi) is 9.27. The van der Waals surface area contributed by atoms with Crippen LogP contribution in [0, 0.1) is 52.3 Å². The molecule has 5 nitrogen and oxygen atoms in total. The average molecular weight is 532 g/mol. The Hall–Kier alpha value is -1.10. The largest absolute Gasteiger partial charge is 0.462 e. The first kappa shape index (κ1) is 29.9. The van der Waals surface area contributed by atoms with E-state index < -0.39 is 0 Å². The molecule has 5 heteroatoms. The fourth-order valence-electron chi connectivity index (χ4n) is 10.5. The Bertz CT molecular complexity index is 843. The SMILES string of the molecule is CC[C@H](CC[C@@H](C)[C@H]1CC[C@H]2[C@@H]3CC(=O)N(CCO)[C@H]4C[C@@H](OC(C)=O)CC[C@]4(C)[C@H]3CC[C@]12C)C(C)C. The molecule has 1 saturated heterocycles. The lowest BCUT2D eigenvalue weighted by Crippen LogP contribution is -2.57. The van der Waals surface area contributed by atoms with E-state index in [4.69, 9.17) is 4.74 Å². The summed E-state index contributed by atoms with van der Waals surface area (Å²) in [5.74, 6) is 4.64. The summed E-state index contributed by atoms with van der Waals surface area (Å²) >= 11 is 0. The van der Waals surface area contributed by atoms with E-state index in [-0.39, 0.29) is 36.0 Å². The van der Waals surface area contributed by atoms with Gasteiger partial charge in [0.25, 0.3) is 0 Å². The molecule has 3 aliphatic carbocycles. The second kappa shape index (κ2) is 11.8. The lowest BCUT2D eigenvalue weighted by Gasteiger charge is -2.57. The first-order chi connectivity index (χ1) is 18.0. The van der Waals surface area contributed by atoms with Gasteiger partial charge in [0.2, 0.25) is 5.91 Å². The summed E-state index contributed by atoms with van der Waals surface area (Å²) in [7, 11) is 0. The lowest BCUT2D eigenvalue weighted by atomic mass is 9.49. The highest BCUT2D eigenvalue weighted by atomic mass is 16.5. The summed E-state index contributed by atoms with van der Waals surface area (Å²) in [6, 6.07) is 0.0396. The van der Waals surface area contributed by atoms with E-state index in [2.05, 4.69) is 41.5 Å². The molecule has 3 saturated carbocycles. The van der Waals surface area contributed by atoms with Gasteiger partial charge in [-0.3, -0.25) is 9.59 Å². The highest BCUT2D eigenvalue weighted by Crippen LogP contribution is 2.66. The summed E-state index contributed by atoms with van der Waals surface area (Å²) in [6.07, 6.45) is 12.1. The number of hydrogen-bond donors (Lipinski definition) is 1. The van der Waals surface area contributed by atoms with Crippen LogP contribution in [-0.2, 0) is 14.3 Å². The summed E-state index contributed by atoms with van der Waals surface area (Å²) in [5.41, 5.74) is 0.340. The molecule has 218 valence electrons. The molecule has 10 atom stereocenters. The van der Waals surface area contributed by atoms with Crippen LogP contribution < -0.4 is 0 Å². The monoisotopic (exact) mass is 531 g/mol. The molecule has 0 aromatic rings. The zero-order valence-corrected chi connectivity index (χ0v) is 25.5. The number of carbonyl (C=O) groups excluding carboxylic acids is 2. The van der Waals surface area contributed by atoms with Crippen LogP contribution in [0.1, 0.15) is 119 Å². The van der Waals surface area contributed by atoms with Gasteiger partial charge in [-0.25, -0.2) is 0 Å². The number of esters is 1. The van der Waals surface area contributed by atoms with Crippen molar-refractivity contribution in [2.45, 2.75) is 131 Å². The fraction of sp³-hybridized carbons (Fsp3) is 0.939. The van der Waals surface area contributed by atoms with Crippen LogP contribution in [0.2, 0.25) is 0 Å². The van der Waals surface area contributed by atoms with Crippen molar-refractivity contribution in [3.05, 3.63) is 0 Å². The van der Waals surface area contributed by atoms with Crippen LogP contribution in [0.3, 0.4) is 0 Å². The molecular formula is C33H57NO4. The van der Waals surface area contributed by atoms with Crippen LogP contribution in [0.15, 0.2) is 0 Å². The van der Waals surface area contributed by atoms with E-state index in [0.717, 1.165) is 36.5 Å². The number of nitrogens with zero attached hydrogens (tertiary/aromatic N) is 1. The molecule has 1 N–H and O–H groups in total. The van der Waals surface area contributed by atoms with Crippen molar-refractivity contribution in [2.75, 3.05) is 13.2 Å². The minimum Gasteiger partial charge on any atom is -0.462 e. The molecule has 0 spiro atoms. The normalized spacial score (nSPS) is 40.7. The van der Waals surface area contributed by atoms with Gasteiger partial charge in [0.1, 0.15) is 6.10 Å². The second-order valence-electron chi connectivity index (χ2n) is 14.6. The van der Waals surface area contributed by atoms with Crippen molar-refractivity contribution >= 4 is 11.9 Å². The maximum atomic E-state index is 13.9. The predicted molar refractivity (Wildman–Crippen MR) is 152 cm³/mol. The van der Waals surface area contributed by atoms with Gasteiger partial charge in [0.05, 0.1) is 6.61 Å². The van der Waals surface area contributed by atoms with E-state index >= 15 is 0 Å². The van der Waals surface area contributed by atoms with Gasteiger partial charge in [0.15, 0.2) is 0 Å².